The number of pyridine rings is 2. The summed E-state index contributed by atoms with van der Waals surface area (Å²) >= 11 is 0. The van der Waals surface area contributed by atoms with E-state index in [2.05, 4.69) is 78.1 Å². The van der Waals surface area contributed by atoms with Gasteiger partial charge < -0.3 is 14.5 Å². The normalized spacial score (nSPS) is 21.6. The van der Waals surface area contributed by atoms with Crippen LogP contribution in [0.15, 0.2) is 42.6 Å². The standard InChI is InChI=1S/C24H30N6O/c1-16-15-31-13-12-30(16)22-14-19(17-6-4-5-7-21(17)29(2)3)18-8-10-25-24(23(18)27-22)20-9-11-26-28-20/h4-8,10,14,16,20,26,28H,9,11-13,15H2,1-3H3/t16-,20?/m1/s1. The van der Waals surface area contributed by atoms with Crippen LogP contribution >= 0.6 is 0 Å². The number of nitrogens with zero attached hydrogens (tertiary/aromatic N) is 4. The molecule has 0 spiro atoms. The number of nitrogens with one attached hydrogen (secondary N) is 2. The first-order valence-electron chi connectivity index (χ1n) is 11.0. The van der Waals surface area contributed by atoms with Crippen LogP contribution in [0.5, 0.6) is 0 Å². The van der Waals surface area contributed by atoms with E-state index in [0.29, 0.717) is 0 Å². The summed E-state index contributed by atoms with van der Waals surface area (Å²) in [6, 6.07) is 13.4. The lowest BCUT2D eigenvalue weighted by molar-refractivity contribution is 0.0986. The van der Waals surface area contributed by atoms with E-state index >= 15 is 0 Å². The minimum absolute atomic E-state index is 0.158. The molecule has 2 fully saturated rings. The van der Waals surface area contributed by atoms with Crippen LogP contribution in [0.25, 0.3) is 22.0 Å². The molecule has 7 nitrogen and oxygen atoms in total. The fraction of sp³-hybridized carbons (Fsp3) is 0.417. The van der Waals surface area contributed by atoms with E-state index in [1.807, 2.05) is 6.20 Å². The Kier molecular flexibility index (Phi) is 5.48. The van der Waals surface area contributed by atoms with Crippen molar-refractivity contribution in [2.24, 2.45) is 0 Å². The molecule has 2 aliphatic rings. The Morgan fingerprint density at radius 3 is 2.81 bits per heavy atom. The number of hydrogen-bond donors (Lipinski definition) is 2. The van der Waals surface area contributed by atoms with Gasteiger partial charge in [0, 0.05) is 50.0 Å². The second-order valence-corrected chi connectivity index (χ2v) is 8.56. The van der Waals surface area contributed by atoms with Gasteiger partial charge in [0.25, 0.3) is 0 Å². The van der Waals surface area contributed by atoms with Crippen molar-refractivity contribution in [3.05, 3.63) is 48.3 Å². The number of ether oxygens (including phenoxy) is 1. The maximum atomic E-state index is 5.68. The number of benzene rings is 1. The van der Waals surface area contributed by atoms with Gasteiger partial charge in [0.05, 0.1) is 36.5 Å². The number of morpholine rings is 1. The van der Waals surface area contributed by atoms with E-state index in [4.69, 9.17) is 14.7 Å². The molecule has 0 saturated carbocycles. The van der Waals surface area contributed by atoms with Gasteiger partial charge in [-0.15, -0.1) is 0 Å². The van der Waals surface area contributed by atoms with Crippen molar-refractivity contribution in [2.75, 3.05) is 50.2 Å². The van der Waals surface area contributed by atoms with Crippen LogP contribution in [0.2, 0.25) is 0 Å². The van der Waals surface area contributed by atoms with Crippen LogP contribution in [0.1, 0.15) is 25.1 Å². The van der Waals surface area contributed by atoms with Gasteiger partial charge >= 0.3 is 0 Å². The molecule has 0 bridgehead atoms. The predicted octanol–water partition coefficient (Wildman–Crippen LogP) is 3.13. The van der Waals surface area contributed by atoms with Crippen LogP contribution < -0.4 is 20.7 Å². The molecular weight excluding hydrogens is 388 g/mol. The number of hydrazine groups is 1. The Morgan fingerprint density at radius 1 is 1.16 bits per heavy atom. The van der Waals surface area contributed by atoms with Gasteiger partial charge in [-0.05, 0) is 37.1 Å². The van der Waals surface area contributed by atoms with Crippen LogP contribution in [0.3, 0.4) is 0 Å². The van der Waals surface area contributed by atoms with Crippen molar-refractivity contribution < 1.29 is 4.74 Å². The first kappa shape index (κ1) is 20.2. The molecule has 2 aromatic heterocycles. The number of anilines is 2. The van der Waals surface area contributed by atoms with Gasteiger partial charge in [-0.3, -0.25) is 10.4 Å². The molecule has 4 heterocycles. The molecule has 0 amide bonds. The van der Waals surface area contributed by atoms with E-state index in [-0.39, 0.29) is 12.1 Å². The van der Waals surface area contributed by atoms with Crippen molar-refractivity contribution in [2.45, 2.75) is 25.4 Å². The minimum Gasteiger partial charge on any atom is -0.377 e. The summed E-state index contributed by atoms with van der Waals surface area (Å²) in [7, 11) is 4.18. The van der Waals surface area contributed by atoms with Gasteiger partial charge in [0.15, 0.2) is 0 Å². The largest absolute Gasteiger partial charge is 0.377 e. The fourth-order valence-corrected chi connectivity index (χ4v) is 4.63. The van der Waals surface area contributed by atoms with Gasteiger partial charge in [0.1, 0.15) is 5.82 Å². The molecule has 2 saturated heterocycles. The van der Waals surface area contributed by atoms with E-state index in [1.54, 1.807) is 0 Å². The summed E-state index contributed by atoms with van der Waals surface area (Å²) in [5.41, 5.74) is 12.2. The van der Waals surface area contributed by atoms with E-state index in [0.717, 1.165) is 55.1 Å². The van der Waals surface area contributed by atoms with Crippen LogP contribution in [-0.4, -0.2) is 56.4 Å². The molecular formula is C24H30N6O. The van der Waals surface area contributed by atoms with Crippen LogP contribution in [0, 0.1) is 0 Å². The first-order chi connectivity index (χ1) is 15.1. The summed E-state index contributed by atoms with van der Waals surface area (Å²) in [6.07, 6.45) is 2.91. The lowest BCUT2D eigenvalue weighted by atomic mass is 9.97. The highest BCUT2D eigenvalue weighted by Crippen LogP contribution is 2.38. The SMILES string of the molecule is C[C@@H]1COCCN1c1cc(-c2ccccc2N(C)C)c2ccnc(C3CCNN3)c2n1. The lowest BCUT2D eigenvalue weighted by Crippen LogP contribution is -2.44. The minimum atomic E-state index is 0.158. The zero-order valence-corrected chi connectivity index (χ0v) is 18.4. The summed E-state index contributed by atoms with van der Waals surface area (Å²) in [4.78, 5) is 14.5. The Balaban J connectivity index is 1.76. The molecule has 31 heavy (non-hydrogen) atoms. The molecule has 2 aliphatic heterocycles. The van der Waals surface area contributed by atoms with Crippen molar-refractivity contribution in [3.63, 3.8) is 0 Å². The Labute approximate surface area is 183 Å². The van der Waals surface area contributed by atoms with Crippen molar-refractivity contribution >= 4 is 22.4 Å². The average molecular weight is 419 g/mol. The quantitative estimate of drug-likeness (QED) is 0.675. The van der Waals surface area contributed by atoms with E-state index < -0.39 is 0 Å². The van der Waals surface area contributed by atoms with Crippen LogP contribution in [0.4, 0.5) is 11.5 Å². The molecule has 3 aromatic rings. The summed E-state index contributed by atoms with van der Waals surface area (Å²) < 4.78 is 5.68. The van der Waals surface area contributed by atoms with Gasteiger partial charge in [0.2, 0.25) is 0 Å². The monoisotopic (exact) mass is 418 g/mol. The van der Waals surface area contributed by atoms with Crippen LogP contribution in [-0.2, 0) is 4.74 Å². The molecule has 1 aromatic carbocycles. The van der Waals surface area contributed by atoms with Gasteiger partial charge in [-0.2, -0.15) is 0 Å². The van der Waals surface area contributed by atoms with Crippen molar-refractivity contribution in [1.82, 2.24) is 20.8 Å². The Hall–Kier alpha value is -2.74. The number of aromatic nitrogens is 2. The topological polar surface area (TPSA) is 65.6 Å². The maximum absolute atomic E-state index is 5.68. The van der Waals surface area contributed by atoms with Gasteiger partial charge in [-0.1, -0.05) is 18.2 Å². The predicted molar refractivity (Wildman–Crippen MR) is 125 cm³/mol. The number of para-hydroxylation sites is 1. The summed E-state index contributed by atoms with van der Waals surface area (Å²) in [5, 5.41) is 1.14. The lowest BCUT2D eigenvalue weighted by Gasteiger charge is -2.35. The Morgan fingerprint density at radius 2 is 2.03 bits per heavy atom. The second kappa shape index (κ2) is 8.42. The summed E-state index contributed by atoms with van der Waals surface area (Å²) in [6.45, 7) is 5.41. The highest BCUT2D eigenvalue weighted by Gasteiger charge is 2.26. The molecule has 162 valence electrons. The average Bonchev–Trinajstić information content (AvgIpc) is 3.33. The smallest absolute Gasteiger partial charge is 0.130 e. The molecule has 2 atom stereocenters. The molecule has 1 unspecified atom stereocenters. The maximum Gasteiger partial charge on any atom is 0.130 e. The summed E-state index contributed by atoms with van der Waals surface area (Å²) in [5.74, 6) is 0.993. The van der Waals surface area contributed by atoms with E-state index in [9.17, 15) is 0 Å². The van der Waals surface area contributed by atoms with Crippen molar-refractivity contribution in [1.29, 1.82) is 0 Å². The third-order valence-electron chi connectivity index (χ3n) is 6.24. The molecule has 7 heteroatoms. The fourth-order valence-electron chi connectivity index (χ4n) is 4.63. The van der Waals surface area contributed by atoms with Gasteiger partial charge in [-0.25, -0.2) is 10.4 Å². The van der Waals surface area contributed by atoms with E-state index in [1.165, 1.54) is 16.8 Å². The highest BCUT2D eigenvalue weighted by molar-refractivity contribution is 6.00. The highest BCUT2D eigenvalue weighted by atomic mass is 16.5. The number of fused-ring (bicyclic) bond motifs is 1. The third kappa shape index (κ3) is 3.73. The van der Waals surface area contributed by atoms with Crippen molar-refractivity contribution in [3.8, 4) is 11.1 Å². The molecule has 0 aliphatic carbocycles. The third-order valence-corrected chi connectivity index (χ3v) is 6.24. The Bertz CT molecular complexity index is 1080. The first-order valence-corrected chi connectivity index (χ1v) is 11.0. The zero-order chi connectivity index (χ0) is 21.4. The molecule has 5 rings (SSSR count). The number of hydrogen-bond acceptors (Lipinski definition) is 7. The molecule has 2 N–H and O–H groups in total. The zero-order valence-electron chi connectivity index (χ0n) is 18.4. The molecule has 0 radical (unpaired) electrons. The number of rotatable bonds is 4. The second-order valence-electron chi connectivity index (χ2n) is 8.56.